The van der Waals surface area contributed by atoms with Gasteiger partial charge in [-0.3, -0.25) is 0 Å². The van der Waals surface area contributed by atoms with Crippen LogP contribution in [0.15, 0.2) is 49.1 Å². The molecule has 4 rings (SSSR count). The van der Waals surface area contributed by atoms with Crippen molar-refractivity contribution >= 4 is 23.3 Å². The number of nitrogens with zero attached hydrogens (tertiary/aromatic N) is 1. The number of hydrogen-bond acceptors (Lipinski definition) is 4. The van der Waals surface area contributed by atoms with Gasteiger partial charge in [-0.05, 0) is 91.3 Å². The molecule has 1 saturated carbocycles. The van der Waals surface area contributed by atoms with Gasteiger partial charge in [0.1, 0.15) is 12.4 Å². The number of carbonyl (C=O) groups is 1. The number of ether oxygens (including phenoxy) is 1. The van der Waals surface area contributed by atoms with Gasteiger partial charge in [-0.15, -0.1) is 6.58 Å². The zero-order valence-electron chi connectivity index (χ0n) is 19.8. The predicted octanol–water partition coefficient (Wildman–Crippen LogP) is 6.11. The van der Waals surface area contributed by atoms with Gasteiger partial charge in [-0.25, -0.2) is 4.79 Å². The number of fused-ring (bicyclic) bond motifs is 2. The van der Waals surface area contributed by atoms with Gasteiger partial charge in [-0.1, -0.05) is 30.7 Å². The van der Waals surface area contributed by atoms with Crippen molar-refractivity contribution in [2.24, 2.45) is 11.3 Å². The van der Waals surface area contributed by atoms with Crippen molar-refractivity contribution in [3.8, 4) is 5.75 Å². The topological polar surface area (TPSA) is 70.0 Å². The van der Waals surface area contributed by atoms with E-state index in [1.54, 1.807) is 24.3 Å². The van der Waals surface area contributed by atoms with Crippen LogP contribution in [-0.4, -0.2) is 35.4 Å². The smallest absolute Gasteiger partial charge is 0.335 e. The standard InChI is InChI=1S/C28H34ClNO4/c1-3-6-26(31)28(2)13-12-22(28)17-30-14-5-4-7-19-15-23(29)10-8-21(19)18-34-25-11-9-20(27(32)33)16-24(25)30/h3,8-11,15-16,22,26,31H,1,4-7,12-14,17-18H2,2H3,(H,32,33)/t22-,26-,28+/m0/s1. The van der Waals surface area contributed by atoms with E-state index in [1.807, 2.05) is 18.2 Å². The third-order valence-electron chi connectivity index (χ3n) is 7.78. The molecule has 182 valence electrons. The number of aliphatic hydroxyl groups excluding tert-OH is 1. The fourth-order valence-electron chi connectivity index (χ4n) is 5.31. The lowest BCUT2D eigenvalue weighted by Crippen LogP contribution is -2.51. The van der Waals surface area contributed by atoms with Gasteiger partial charge in [-0.2, -0.15) is 0 Å². The van der Waals surface area contributed by atoms with Crippen molar-refractivity contribution in [1.29, 1.82) is 0 Å². The molecule has 0 spiro atoms. The van der Waals surface area contributed by atoms with E-state index in [1.165, 1.54) is 5.56 Å². The highest BCUT2D eigenvalue weighted by Gasteiger charge is 2.47. The first-order chi connectivity index (χ1) is 16.3. The number of rotatable bonds is 6. The molecule has 2 N–H and O–H groups in total. The van der Waals surface area contributed by atoms with Crippen LogP contribution in [0.25, 0.3) is 0 Å². The minimum Gasteiger partial charge on any atom is -0.487 e. The van der Waals surface area contributed by atoms with Gasteiger partial charge in [0, 0.05) is 18.1 Å². The molecule has 0 radical (unpaired) electrons. The Morgan fingerprint density at radius 2 is 2.12 bits per heavy atom. The summed E-state index contributed by atoms with van der Waals surface area (Å²) in [6, 6.07) is 11.0. The van der Waals surface area contributed by atoms with E-state index in [2.05, 4.69) is 18.4 Å². The highest BCUT2D eigenvalue weighted by atomic mass is 35.5. The number of aromatic carboxylic acids is 1. The lowest BCUT2D eigenvalue weighted by Gasteiger charge is -2.52. The lowest BCUT2D eigenvalue weighted by molar-refractivity contribution is -0.0693. The first kappa shape index (κ1) is 24.6. The second kappa shape index (κ2) is 10.4. The van der Waals surface area contributed by atoms with Crippen LogP contribution in [-0.2, 0) is 13.0 Å². The summed E-state index contributed by atoms with van der Waals surface area (Å²) in [5.41, 5.74) is 3.19. The number of anilines is 1. The molecule has 2 aromatic rings. The summed E-state index contributed by atoms with van der Waals surface area (Å²) in [5.74, 6) is 0.0392. The second-order valence-corrected chi connectivity index (χ2v) is 10.3. The molecule has 1 heterocycles. The van der Waals surface area contributed by atoms with Crippen LogP contribution in [0.3, 0.4) is 0 Å². The number of carboxylic acid groups (broad SMARTS) is 1. The van der Waals surface area contributed by atoms with Crippen LogP contribution in [0.5, 0.6) is 5.75 Å². The number of benzene rings is 2. The summed E-state index contributed by atoms with van der Waals surface area (Å²) in [5, 5.41) is 21.1. The molecule has 0 saturated heterocycles. The number of hydrogen-bond donors (Lipinski definition) is 2. The molecule has 5 nitrogen and oxygen atoms in total. The summed E-state index contributed by atoms with van der Waals surface area (Å²) in [7, 11) is 0. The van der Waals surface area contributed by atoms with E-state index in [-0.39, 0.29) is 11.0 Å². The zero-order valence-corrected chi connectivity index (χ0v) is 20.6. The van der Waals surface area contributed by atoms with E-state index >= 15 is 0 Å². The van der Waals surface area contributed by atoms with Crippen molar-refractivity contribution in [2.45, 2.75) is 58.2 Å². The molecule has 0 amide bonds. The molecule has 2 aliphatic rings. The quantitative estimate of drug-likeness (QED) is 0.485. The monoisotopic (exact) mass is 483 g/mol. The Morgan fingerprint density at radius 3 is 2.82 bits per heavy atom. The van der Waals surface area contributed by atoms with Gasteiger partial charge in [0.2, 0.25) is 0 Å². The van der Waals surface area contributed by atoms with Crippen molar-refractivity contribution < 1.29 is 19.7 Å². The minimum absolute atomic E-state index is 0.168. The van der Waals surface area contributed by atoms with Crippen LogP contribution in [0, 0.1) is 11.3 Å². The maximum atomic E-state index is 11.8. The van der Waals surface area contributed by atoms with Crippen molar-refractivity contribution in [2.75, 3.05) is 18.0 Å². The molecule has 0 unspecified atom stereocenters. The van der Waals surface area contributed by atoms with Crippen molar-refractivity contribution in [3.05, 3.63) is 70.8 Å². The summed E-state index contributed by atoms with van der Waals surface area (Å²) in [4.78, 5) is 14.0. The van der Waals surface area contributed by atoms with E-state index in [4.69, 9.17) is 16.3 Å². The van der Waals surface area contributed by atoms with E-state index in [9.17, 15) is 15.0 Å². The summed E-state index contributed by atoms with van der Waals surface area (Å²) in [6.45, 7) is 7.90. The molecule has 2 aromatic carbocycles. The largest absolute Gasteiger partial charge is 0.487 e. The number of aliphatic hydroxyl groups is 1. The van der Waals surface area contributed by atoms with Crippen molar-refractivity contribution in [1.82, 2.24) is 0 Å². The molecule has 0 aromatic heterocycles. The second-order valence-electron chi connectivity index (χ2n) is 9.87. The Kier molecular flexibility index (Phi) is 7.54. The van der Waals surface area contributed by atoms with Gasteiger partial charge >= 0.3 is 5.97 Å². The van der Waals surface area contributed by atoms with Crippen LogP contribution >= 0.6 is 11.6 Å². The Labute approximate surface area is 207 Å². The molecule has 34 heavy (non-hydrogen) atoms. The SMILES string of the molecule is C=CC[C@H](O)[C@]1(C)CC[C@H]1CN1CCCCc2cc(Cl)ccc2COc2ccc(C(=O)O)cc21. The molecule has 1 fully saturated rings. The molecular weight excluding hydrogens is 450 g/mol. The molecule has 0 bridgehead atoms. The van der Waals surface area contributed by atoms with Crippen LogP contribution in [0.2, 0.25) is 5.02 Å². The Morgan fingerprint density at radius 1 is 1.29 bits per heavy atom. The highest BCUT2D eigenvalue weighted by molar-refractivity contribution is 6.30. The first-order valence-corrected chi connectivity index (χ1v) is 12.5. The Bertz CT molecular complexity index is 1050. The van der Waals surface area contributed by atoms with E-state index < -0.39 is 12.1 Å². The van der Waals surface area contributed by atoms with Crippen LogP contribution in [0.4, 0.5) is 5.69 Å². The van der Waals surface area contributed by atoms with E-state index in [0.717, 1.165) is 61.5 Å². The number of halogens is 1. The maximum absolute atomic E-state index is 11.8. The third-order valence-corrected chi connectivity index (χ3v) is 8.01. The number of carboxylic acids is 1. The Hall–Kier alpha value is -2.50. The molecule has 1 aliphatic heterocycles. The summed E-state index contributed by atoms with van der Waals surface area (Å²) in [6.07, 6.45) is 6.84. The normalized spacial score (nSPS) is 23.4. The predicted molar refractivity (Wildman–Crippen MR) is 136 cm³/mol. The molecule has 1 aliphatic carbocycles. The van der Waals surface area contributed by atoms with Crippen molar-refractivity contribution in [3.63, 3.8) is 0 Å². The van der Waals surface area contributed by atoms with Gasteiger partial charge in [0.15, 0.2) is 0 Å². The molecule has 3 atom stereocenters. The lowest BCUT2D eigenvalue weighted by atomic mass is 9.57. The average molecular weight is 484 g/mol. The van der Waals surface area contributed by atoms with Crippen LogP contribution in [0.1, 0.15) is 60.5 Å². The third kappa shape index (κ3) is 5.11. The summed E-state index contributed by atoms with van der Waals surface area (Å²) >= 11 is 6.25. The molecular formula is C28H34ClNO4. The van der Waals surface area contributed by atoms with Gasteiger partial charge in [0.25, 0.3) is 0 Å². The zero-order chi connectivity index (χ0) is 24.3. The van der Waals surface area contributed by atoms with Gasteiger partial charge in [0.05, 0.1) is 17.4 Å². The van der Waals surface area contributed by atoms with Gasteiger partial charge < -0.3 is 19.8 Å². The number of aryl methyl sites for hydroxylation is 1. The summed E-state index contributed by atoms with van der Waals surface area (Å²) < 4.78 is 6.28. The molecule has 6 heteroatoms. The fourth-order valence-corrected chi connectivity index (χ4v) is 5.50. The highest BCUT2D eigenvalue weighted by Crippen LogP contribution is 2.51. The minimum atomic E-state index is -0.952. The van der Waals surface area contributed by atoms with E-state index in [0.29, 0.717) is 24.7 Å². The maximum Gasteiger partial charge on any atom is 0.335 e. The first-order valence-electron chi connectivity index (χ1n) is 12.1. The average Bonchev–Trinajstić information content (AvgIpc) is 2.84. The van der Waals surface area contributed by atoms with Crippen LogP contribution < -0.4 is 9.64 Å². The Balaban J connectivity index is 1.65. The fraction of sp³-hybridized carbons (Fsp3) is 0.464.